The zero-order valence-electron chi connectivity index (χ0n) is 34.4. The Labute approximate surface area is 461 Å². The molecular formula is C35H28N6Na4O16S4-2. The maximum Gasteiger partial charge on any atom is 1.00 e. The molecule has 6 aromatic carbocycles. The van der Waals surface area contributed by atoms with Gasteiger partial charge in [0.1, 0.15) is 31.6 Å². The first kappa shape index (κ1) is 62.8. The minimum atomic E-state index is -5.20. The van der Waals surface area contributed by atoms with E-state index in [-0.39, 0.29) is 180 Å². The number of nitrogens with zero attached hydrogens (tertiary/aromatic N) is 4. The maximum atomic E-state index is 11.9. The molecule has 0 saturated heterocycles. The smallest absolute Gasteiger partial charge is 0.870 e. The summed E-state index contributed by atoms with van der Waals surface area (Å²) in [5, 5.41) is 56.6. The van der Waals surface area contributed by atoms with E-state index in [1.54, 1.807) is 24.3 Å². The van der Waals surface area contributed by atoms with Crippen molar-refractivity contribution in [3.63, 3.8) is 0 Å². The number of nitrogens with two attached hydrogens (primary N) is 2. The summed E-state index contributed by atoms with van der Waals surface area (Å²) in [7, 11) is -16.5. The summed E-state index contributed by atoms with van der Waals surface area (Å²) in [5.74, 6) is -1.52. The van der Waals surface area contributed by atoms with Crippen LogP contribution in [0.4, 0.5) is 34.1 Å². The van der Waals surface area contributed by atoms with Crippen molar-refractivity contribution in [3.05, 3.63) is 95.1 Å². The summed E-state index contributed by atoms with van der Waals surface area (Å²) in [5.41, 5.74) is 12.4. The molecule has 30 heteroatoms. The van der Waals surface area contributed by atoms with Gasteiger partial charge in [-0.05, 0) is 63.2 Å². The minimum Gasteiger partial charge on any atom is -0.870 e. The molecule has 0 aliphatic heterocycles. The van der Waals surface area contributed by atoms with E-state index in [2.05, 4.69) is 20.5 Å². The van der Waals surface area contributed by atoms with Crippen molar-refractivity contribution in [3.8, 4) is 11.5 Å². The van der Waals surface area contributed by atoms with Crippen LogP contribution >= 0.6 is 0 Å². The summed E-state index contributed by atoms with van der Waals surface area (Å²) < 4.78 is 118. The number of hydrogen-bond donors (Lipinski definition) is 6. The number of benzene rings is 6. The van der Waals surface area contributed by atoms with Crippen molar-refractivity contribution < 1.29 is 192 Å². The molecule has 0 radical (unpaired) electrons. The molecule has 0 amide bonds. The number of phenolic OH excluding ortho intramolecular Hbond substituents is 2. The Morgan fingerprint density at radius 1 is 0.523 bits per heavy atom. The van der Waals surface area contributed by atoms with Gasteiger partial charge in [-0.1, -0.05) is 58.3 Å². The maximum absolute atomic E-state index is 11.9. The topological polar surface area (TPSA) is 425 Å². The van der Waals surface area contributed by atoms with E-state index >= 15 is 0 Å². The number of fused-ring (bicyclic) bond motifs is 2. The van der Waals surface area contributed by atoms with E-state index in [4.69, 9.17) is 11.5 Å². The van der Waals surface area contributed by atoms with Gasteiger partial charge in [-0.3, -0.25) is 0 Å². The van der Waals surface area contributed by atoms with Crippen molar-refractivity contribution in [2.45, 2.75) is 39.2 Å². The summed E-state index contributed by atoms with van der Waals surface area (Å²) in [6.45, 7) is -1.03. The molecule has 0 aromatic heterocycles. The van der Waals surface area contributed by atoms with Crippen molar-refractivity contribution >= 4 is 97.3 Å². The molecule has 0 bridgehead atoms. The van der Waals surface area contributed by atoms with Crippen LogP contribution in [0.2, 0.25) is 0 Å². The van der Waals surface area contributed by atoms with E-state index in [0.29, 0.717) is 23.3 Å². The van der Waals surface area contributed by atoms with Gasteiger partial charge in [0.05, 0.1) is 34.4 Å². The largest absolute Gasteiger partial charge is 1.00 e. The number of anilines is 2. The molecule has 22 nitrogen and oxygen atoms in total. The van der Waals surface area contributed by atoms with Crippen LogP contribution < -0.4 is 130 Å². The van der Waals surface area contributed by atoms with Crippen molar-refractivity contribution in [2.75, 3.05) is 11.5 Å². The second-order valence-corrected chi connectivity index (χ2v) is 17.0. The summed E-state index contributed by atoms with van der Waals surface area (Å²) in [4.78, 5) is -3.31. The van der Waals surface area contributed by atoms with Crippen LogP contribution in [0.5, 0.6) is 11.5 Å². The molecular weight excluding hydrogens is 981 g/mol. The van der Waals surface area contributed by atoms with Gasteiger partial charge in [-0.25, -0.2) is 16.8 Å². The van der Waals surface area contributed by atoms with Crippen LogP contribution in [-0.4, -0.2) is 57.3 Å². The van der Waals surface area contributed by atoms with Gasteiger partial charge in [0.15, 0.2) is 11.5 Å². The predicted octanol–water partition coefficient (Wildman–Crippen LogP) is -7.22. The number of phenols is 2. The fourth-order valence-electron chi connectivity index (χ4n) is 6.16. The van der Waals surface area contributed by atoms with Crippen LogP contribution in [0, 0.1) is 0 Å². The van der Waals surface area contributed by atoms with Crippen molar-refractivity contribution in [2.24, 2.45) is 20.5 Å². The number of aliphatic hydroxyl groups is 2. The fourth-order valence-corrected chi connectivity index (χ4v) is 8.70. The number of nitrogen functional groups attached to an aromatic ring is 2. The van der Waals surface area contributed by atoms with Gasteiger partial charge in [-0.2, -0.15) is 10.2 Å². The van der Waals surface area contributed by atoms with Gasteiger partial charge in [0, 0.05) is 44.0 Å². The molecule has 65 heavy (non-hydrogen) atoms. The van der Waals surface area contributed by atoms with Gasteiger partial charge in [0.25, 0.3) is 0 Å². The standard InChI is InChI=1S/C35H28N6O14S4.4Na.2H2O/c36-32-26(56(46)47)12-28(58(50,51)52)20-3-7-24(34(44)30(20)32)40-38-22-5-1-16(10-18(22)14-42)9-17-2-6-23(19(11-17)15-43)39-41-25-8-4-21-29(59(53,54)55)13-27(57(48)49)33(37)31(21)35(25)45;;;;;;/h1-8,10-13,42-45H,9,14-15,36-37H2,(H,50,51,52)(H,53,54,55);;;;;2*1H2/q-2;4*+1;;/p-4. The quantitative estimate of drug-likeness (QED) is 0.0218. The SMILES string of the molecule is Nc1c([S-](=O)=O)cc(S(=O)(=O)[O-])c2ccc(N=Nc3ccc(Cc4ccc(N=Nc5ccc6c(S(=O)(=O)[O-])cc([S-](=O)=O)c(N)c6c5O)c(CO)c4)cc3CO)c(O)c12.[Na+].[Na+].[Na+].[Na+].[OH-].[OH-]. The normalized spacial score (nSPS) is 11.4. The molecule has 0 spiro atoms. The van der Waals surface area contributed by atoms with E-state index in [1.165, 1.54) is 12.1 Å². The molecule has 0 heterocycles. The number of aromatic hydroxyl groups is 2. The fraction of sp³-hybridized carbons (Fsp3) is 0.0857. The molecule has 0 atom stereocenters. The average Bonchev–Trinajstić information content (AvgIpc) is 3.16. The molecule has 6 rings (SSSR count). The Bertz CT molecular complexity index is 3000. The van der Waals surface area contributed by atoms with Crippen molar-refractivity contribution in [1.29, 1.82) is 0 Å². The van der Waals surface area contributed by atoms with Crippen LogP contribution in [0.25, 0.3) is 21.5 Å². The molecule has 0 saturated carbocycles. The first-order valence-corrected chi connectivity index (χ1v) is 21.3. The van der Waals surface area contributed by atoms with E-state index < -0.39 is 108 Å². The number of hydrogen-bond acceptors (Lipinski definition) is 24. The second-order valence-electron chi connectivity index (χ2n) is 12.5. The zero-order valence-corrected chi connectivity index (χ0v) is 45.7. The van der Waals surface area contributed by atoms with Crippen LogP contribution in [0.15, 0.2) is 113 Å². The van der Waals surface area contributed by atoms with Crippen molar-refractivity contribution in [1.82, 2.24) is 0 Å². The van der Waals surface area contributed by atoms with Crippen LogP contribution in [-0.2, 0) is 78.1 Å². The molecule has 6 aromatic rings. The van der Waals surface area contributed by atoms with Gasteiger partial charge < -0.3 is 68.8 Å². The number of rotatable bonds is 12. The van der Waals surface area contributed by atoms with E-state index in [9.17, 15) is 63.2 Å². The Morgan fingerprint density at radius 2 is 0.831 bits per heavy atom. The molecule has 10 N–H and O–H groups in total. The summed E-state index contributed by atoms with van der Waals surface area (Å²) in [6, 6.07) is 15.2. The number of azo groups is 2. The minimum absolute atomic E-state index is 0. The van der Waals surface area contributed by atoms with Crippen LogP contribution in [0.3, 0.4) is 0 Å². The molecule has 0 aliphatic carbocycles. The zero-order chi connectivity index (χ0) is 43.1. The third-order valence-corrected chi connectivity index (χ3v) is 12.1. The molecule has 0 unspecified atom stereocenters. The first-order chi connectivity index (χ1) is 27.7. The molecule has 324 valence electrons. The van der Waals surface area contributed by atoms with E-state index in [0.717, 1.165) is 24.3 Å². The third-order valence-electron chi connectivity index (χ3n) is 8.90. The Morgan fingerprint density at radius 3 is 1.12 bits per heavy atom. The Hall–Kier alpha value is -2.20. The average molecular weight is 1010 g/mol. The predicted molar refractivity (Wildman–Crippen MR) is 210 cm³/mol. The Balaban J connectivity index is 0.00000683. The van der Waals surface area contributed by atoms with E-state index in [1.807, 2.05) is 0 Å². The first-order valence-electron chi connectivity index (χ1n) is 16.3. The summed E-state index contributed by atoms with van der Waals surface area (Å²) >= 11 is 0. The Kier molecular flexibility index (Phi) is 24.6. The number of aliphatic hydroxyl groups excluding tert-OH is 2. The van der Waals surface area contributed by atoms with Gasteiger partial charge >= 0.3 is 118 Å². The molecule has 0 aliphatic rings. The van der Waals surface area contributed by atoms with Gasteiger partial charge in [-0.15, -0.1) is 10.2 Å². The summed E-state index contributed by atoms with van der Waals surface area (Å²) in [6.07, 6.45) is 0.257. The van der Waals surface area contributed by atoms with Gasteiger partial charge in [0.2, 0.25) is 0 Å². The molecule has 0 fully saturated rings. The van der Waals surface area contributed by atoms with Crippen LogP contribution in [0.1, 0.15) is 22.3 Å². The monoisotopic (exact) mass is 1010 g/mol. The third kappa shape index (κ3) is 13.5. The second kappa shape index (κ2) is 25.4.